The van der Waals surface area contributed by atoms with Crippen LogP contribution in [0.1, 0.15) is 49.3 Å². The second-order valence-electron chi connectivity index (χ2n) is 8.16. The first-order valence-electron chi connectivity index (χ1n) is 11.4. The monoisotopic (exact) mass is 462 g/mol. The molecule has 1 atom stereocenters. The Hall–Kier alpha value is -3.11. The van der Waals surface area contributed by atoms with Crippen molar-refractivity contribution in [3.05, 3.63) is 107 Å². The topological polar surface area (TPSA) is 49.4 Å². The Morgan fingerprint density at radius 1 is 0.879 bits per heavy atom. The van der Waals surface area contributed by atoms with Crippen LogP contribution in [0, 0.1) is 0 Å². The molecule has 0 aliphatic heterocycles. The van der Waals surface area contributed by atoms with E-state index in [9.17, 15) is 9.59 Å². The molecule has 0 spiro atoms. The lowest BCUT2D eigenvalue weighted by Gasteiger charge is -2.31. The van der Waals surface area contributed by atoms with Gasteiger partial charge in [-0.25, -0.2) is 0 Å². The van der Waals surface area contributed by atoms with Crippen molar-refractivity contribution >= 4 is 23.4 Å². The summed E-state index contributed by atoms with van der Waals surface area (Å²) in [5, 5.41) is 3.50. The third kappa shape index (κ3) is 6.69. The number of halogens is 1. The third-order valence-corrected chi connectivity index (χ3v) is 6.17. The first-order chi connectivity index (χ1) is 16.0. The van der Waals surface area contributed by atoms with Crippen molar-refractivity contribution in [1.82, 2.24) is 10.2 Å². The fourth-order valence-electron chi connectivity index (χ4n) is 3.88. The van der Waals surface area contributed by atoms with Gasteiger partial charge in [-0.2, -0.15) is 0 Å². The van der Waals surface area contributed by atoms with Crippen molar-refractivity contribution in [2.45, 2.75) is 45.2 Å². The van der Waals surface area contributed by atoms with Crippen molar-refractivity contribution in [3.8, 4) is 0 Å². The van der Waals surface area contributed by atoms with E-state index >= 15 is 0 Å². The maximum Gasteiger partial charge on any atom is 0.242 e. The minimum absolute atomic E-state index is 0.0909. The zero-order chi connectivity index (χ0) is 23.6. The number of nitrogens with zero attached hydrogens (tertiary/aromatic N) is 1. The number of carbonyl (C=O) groups is 2. The van der Waals surface area contributed by atoms with Crippen molar-refractivity contribution in [3.63, 3.8) is 0 Å². The summed E-state index contributed by atoms with van der Waals surface area (Å²) in [6, 6.07) is 26.9. The lowest BCUT2D eigenvalue weighted by atomic mass is 9.88. The lowest BCUT2D eigenvalue weighted by molar-refractivity contribution is -0.140. The SMILES string of the molecule is CCCNC(=O)C(C)N(Cc1ccccc1Cl)C(=O)CC(c1ccccc1)c1ccccc1. The molecule has 0 fully saturated rings. The Kier molecular flexibility index (Phi) is 9.08. The van der Waals surface area contributed by atoms with Gasteiger partial charge < -0.3 is 10.2 Å². The van der Waals surface area contributed by atoms with Gasteiger partial charge in [0, 0.05) is 30.5 Å². The normalized spacial score (nSPS) is 11.8. The fourth-order valence-corrected chi connectivity index (χ4v) is 4.07. The molecule has 0 aromatic heterocycles. The van der Waals surface area contributed by atoms with Crippen LogP contribution in [0.4, 0.5) is 0 Å². The molecule has 2 amide bonds. The fraction of sp³-hybridized carbons (Fsp3) is 0.286. The van der Waals surface area contributed by atoms with E-state index in [0.717, 1.165) is 23.1 Å². The zero-order valence-corrected chi connectivity index (χ0v) is 20.0. The maximum absolute atomic E-state index is 13.7. The van der Waals surface area contributed by atoms with Crippen molar-refractivity contribution in [1.29, 1.82) is 0 Å². The van der Waals surface area contributed by atoms with E-state index in [1.165, 1.54) is 0 Å². The number of rotatable bonds is 10. The van der Waals surface area contributed by atoms with Gasteiger partial charge in [0.1, 0.15) is 6.04 Å². The Bertz CT molecular complexity index is 1000. The molecule has 0 heterocycles. The molecule has 172 valence electrons. The van der Waals surface area contributed by atoms with Gasteiger partial charge in [0.2, 0.25) is 11.8 Å². The smallest absolute Gasteiger partial charge is 0.242 e. The Morgan fingerprint density at radius 3 is 1.97 bits per heavy atom. The molecule has 0 bridgehead atoms. The molecule has 0 radical (unpaired) electrons. The number of benzene rings is 3. The summed E-state index contributed by atoms with van der Waals surface area (Å²) >= 11 is 6.40. The molecule has 3 aromatic carbocycles. The highest BCUT2D eigenvalue weighted by Crippen LogP contribution is 2.30. The summed E-state index contributed by atoms with van der Waals surface area (Å²) in [4.78, 5) is 28.2. The van der Waals surface area contributed by atoms with E-state index in [2.05, 4.69) is 5.32 Å². The molecule has 5 heteroatoms. The zero-order valence-electron chi connectivity index (χ0n) is 19.2. The number of hydrogen-bond acceptors (Lipinski definition) is 2. The summed E-state index contributed by atoms with van der Waals surface area (Å²) in [6.07, 6.45) is 1.09. The Labute approximate surface area is 201 Å². The van der Waals surface area contributed by atoms with Crippen LogP contribution >= 0.6 is 11.6 Å². The maximum atomic E-state index is 13.7. The van der Waals surface area contributed by atoms with E-state index in [4.69, 9.17) is 11.6 Å². The standard InChI is InChI=1S/C28H31ClN2O2/c1-3-18-30-28(33)21(2)31(20-24-16-10-11-17-26(24)29)27(32)19-25(22-12-6-4-7-13-22)23-14-8-5-9-15-23/h4-17,21,25H,3,18-20H2,1-2H3,(H,30,33). The van der Waals surface area contributed by atoms with Crippen LogP contribution in [0.15, 0.2) is 84.9 Å². The van der Waals surface area contributed by atoms with Crippen LogP contribution in [0.2, 0.25) is 5.02 Å². The number of nitrogens with one attached hydrogen (secondary N) is 1. The van der Waals surface area contributed by atoms with Crippen LogP contribution in [0.3, 0.4) is 0 Å². The molecule has 0 saturated heterocycles. The second-order valence-corrected chi connectivity index (χ2v) is 8.57. The van der Waals surface area contributed by atoms with Gasteiger partial charge in [-0.15, -0.1) is 0 Å². The molecule has 1 unspecified atom stereocenters. The van der Waals surface area contributed by atoms with Crippen molar-refractivity contribution in [2.24, 2.45) is 0 Å². The van der Waals surface area contributed by atoms with Crippen LogP contribution in [-0.2, 0) is 16.1 Å². The highest BCUT2D eigenvalue weighted by Gasteiger charge is 2.29. The van der Waals surface area contributed by atoms with Gasteiger partial charge in [0.05, 0.1) is 0 Å². The number of hydrogen-bond donors (Lipinski definition) is 1. The predicted molar refractivity (Wildman–Crippen MR) is 134 cm³/mol. The number of amides is 2. The summed E-state index contributed by atoms with van der Waals surface area (Å²) < 4.78 is 0. The van der Waals surface area contributed by atoms with E-state index in [-0.39, 0.29) is 30.7 Å². The molecule has 0 aliphatic carbocycles. The molecule has 3 aromatic rings. The minimum Gasteiger partial charge on any atom is -0.354 e. The molecule has 1 N–H and O–H groups in total. The van der Waals surface area contributed by atoms with E-state index in [1.54, 1.807) is 17.9 Å². The molecule has 33 heavy (non-hydrogen) atoms. The van der Waals surface area contributed by atoms with Crippen molar-refractivity contribution < 1.29 is 9.59 Å². The van der Waals surface area contributed by atoms with E-state index < -0.39 is 6.04 Å². The summed E-state index contributed by atoms with van der Waals surface area (Å²) in [5.74, 6) is -0.362. The van der Waals surface area contributed by atoms with Crippen LogP contribution < -0.4 is 5.32 Å². The van der Waals surface area contributed by atoms with Gasteiger partial charge in [-0.1, -0.05) is 97.4 Å². The van der Waals surface area contributed by atoms with Gasteiger partial charge in [-0.05, 0) is 36.1 Å². The van der Waals surface area contributed by atoms with Gasteiger partial charge in [-0.3, -0.25) is 9.59 Å². The summed E-state index contributed by atoms with van der Waals surface area (Å²) in [5.41, 5.74) is 2.95. The molecule has 0 aliphatic rings. The molecular formula is C28H31ClN2O2. The van der Waals surface area contributed by atoms with E-state index in [1.807, 2.05) is 85.8 Å². The first-order valence-corrected chi connectivity index (χ1v) is 11.8. The predicted octanol–water partition coefficient (Wildman–Crippen LogP) is 5.81. The highest BCUT2D eigenvalue weighted by molar-refractivity contribution is 6.31. The molecule has 3 rings (SSSR count). The second kappa shape index (κ2) is 12.2. The quantitative estimate of drug-likeness (QED) is 0.413. The lowest BCUT2D eigenvalue weighted by Crippen LogP contribution is -2.48. The molecule has 4 nitrogen and oxygen atoms in total. The Morgan fingerprint density at radius 2 is 1.42 bits per heavy atom. The Balaban J connectivity index is 1.91. The largest absolute Gasteiger partial charge is 0.354 e. The third-order valence-electron chi connectivity index (χ3n) is 5.80. The van der Waals surface area contributed by atoms with Crippen LogP contribution in [0.5, 0.6) is 0 Å². The van der Waals surface area contributed by atoms with Gasteiger partial charge in [0.25, 0.3) is 0 Å². The van der Waals surface area contributed by atoms with E-state index in [0.29, 0.717) is 11.6 Å². The van der Waals surface area contributed by atoms with Crippen LogP contribution in [0.25, 0.3) is 0 Å². The molecule has 0 saturated carbocycles. The number of carbonyl (C=O) groups excluding carboxylic acids is 2. The van der Waals surface area contributed by atoms with Gasteiger partial charge in [0.15, 0.2) is 0 Å². The van der Waals surface area contributed by atoms with Crippen molar-refractivity contribution in [2.75, 3.05) is 6.54 Å². The average Bonchev–Trinajstić information content (AvgIpc) is 2.85. The average molecular weight is 463 g/mol. The van der Waals surface area contributed by atoms with Crippen LogP contribution in [-0.4, -0.2) is 29.3 Å². The highest BCUT2D eigenvalue weighted by atomic mass is 35.5. The minimum atomic E-state index is -0.618. The van der Waals surface area contributed by atoms with Gasteiger partial charge >= 0.3 is 0 Å². The summed E-state index contributed by atoms with van der Waals surface area (Å²) in [7, 11) is 0. The first kappa shape index (κ1) is 24.5. The summed E-state index contributed by atoms with van der Waals surface area (Å²) in [6.45, 7) is 4.63. The molecular weight excluding hydrogens is 432 g/mol.